The van der Waals surface area contributed by atoms with E-state index in [1.807, 2.05) is 0 Å². The summed E-state index contributed by atoms with van der Waals surface area (Å²) in [7, 11) is -2.36. The third-order valence-electron chi connectivity index (χ3n) is 6.19. The third kappa shape index (κ3) is 4.03. The van der Waals surface area contributed by atoms with Crippen LogP contribution in [0.5, 0.6) is 5.75 Å². The van der Waals surface area contributed by atoms with Gasteiger partial charge in [0.15, 0.2) is 22.6 Å². The number of benzene rings is 1. The molecule has 12 heteroatoms. The molecule has 3 rings (SSSR count). The van der Waals surface area contributed by atoms with Crippen LogP contribution in [0.25, 0.3) is 0 Å². The van der Waals surface area contributed by atoms with Crippen LogP contribution >= 0.6 is 0 Å². The number of aromatic nitrogens is 1. The van der Waals surface area contributed by atoms with Crippen molar-refractivity contribution in [3.63, 3.8) is 0 Å². The van der Waals surface area contributed by atoms with Crippen molar-refractivity contribution in [2.45, 2.75) is 49.5 Å². The van der Waals surface area contributed by atoms with Gasteiger partial charge in [-0.2, -0.15) is 17.6 Å². The van der Waals surface area contributed by atoms with Crippen LogP contribution in [-0.4, -0.2) is 34.3 Å². The van der Waals surface area contributed by atoms with Crippen molar-refractivity contribution in [3.8, 4) is 5.75 Å². The molecule has 5 atom stereocenters. The number of halogens is 5. The predicted molar refractivity (Wildman–Crippen MR) is 110 cm³/mol. The van der Waals surface area contributed by atoms with Gasteiger partial charge in [-0.1, -0.05) is 13.0 Å². The van der Waals surface area contributed by atoms with Crippen molar-refractivity contribution in [2.75, 3.05) is 13.4 Å². The zero-order valence-electron chi connectivity index (χ0n) is 18.4. The number of methoxy groups -OCH3 is 1. The lowest BCUT2D eigenvalue weighted by molar-refractivity contribution is -0.275. The molecular formula is C21H23F5N2O4S. The second kappa shape index (κ2) is 8.08. The molecule has 0 radical (unpaired) electrons. The fourth-order valence-corrected chi connectivity index (χ4v) is 5.50. The molecule has 1 aliphatic rings. The van der Waals surface area contributed by atoms with Crippen LogP contribution < -0.4 is 10.2 Å². The number of hydrogen-bond acceptors (Lipinski definition) is 5. The Morgan fingerprint density at radius 2 is 1.88 bits per heavy atom. The molecule has 1 fully saturated rings. The second-order valence-electron chi connectivity index (χ2n) is 8.33. The molecule has 0 amide bonds. The molecule has 2 aromatic rings. The Morgan fingerprint density at radius 1 is 1.27 bits per heavy atom. The van der Waals surface area contributed by atoms with E-state index in [1.54, 1.807) is 0 Å². The first-order valence-corrected chi connectivity index (χ1v) is 11.7. The smallest absolute Gasteiger partial charge is 0.417 e. The quantitative estimate of drug-likeness (QED) is 0.597. The summed E-state index contributed by atoms with van der Waals surface area (Å²) < 4.78 is 101. The lowest BCUT2D eigenvalue weighted by Crippen LogP contribution is -2.46. The van der Waals surface area contributed by atoms with Gasteiger partial charge < -0.3 is 14.5 Å². The highest BCUT2D eigenvalue weighted by atomic mass is 32.2. The lowest BCUT2D eigenvalue weighted by atomic mass is 9.76. The minimum Gasteiger partial charge on any atom is -0.493 e. The first kappa shape index (κ1) is 25.2. The summed E-state index contributed by atoms with van der Waals surface area (Å²) in [6.07, 6.45) is -5.22. The summed E-state index contributed by atoms with van der Waals surface area (Å²) in [6.45, 7) is 3.48. The van der Waals surface area contributed by atoms with E-state index in [-0.39, 0.29) is 21.8 Å². The number of pyridine rings is 1. The summed E-state index contributed by atoms with van der Waals surface area (Å²) in [6, 6.07) is 2.83. The Balaban J connectivity index is 2.30. The van der Waals surface area contributed by atoms with Crippen molar-refractivity contribution in [1.29, 1.82) is 4.78 Å². The largest absolute Gasteiger partial charge is 0.493 e. The van der Waals surface area contributed by atoms with Gasteiger partial charge in [0.25, 0.3) is 0 Å². The van der Waals surface area contributed by atoms with E-state index in [4.69, 9.17) is 14.3 Å². The number of nitrogens with one attached hydrogen (secondary N) is 2. The first-order chi connectivity index (χ1) is 15.0. The van der Waals surface area contributed by atoms with E-state index < -0.39 is 62.3 Å². The van der Waals surface area contributed by atoms with Crippen molar-refractivity contribution in [3.05, 3.63) is 57.0 Å². The number of alkyl halides is 3. The highest BCUT2D eigenvalue weighted by Gasteiger charge is 2.65. The maximum absolute atomic E-state index is 14.4. The van der Waals surface area contributed by atoms with E-state index in [2.05, 4.69) is 4.98 Å². The van der Waals surface area contributed by atoms with Gasteiger partial charge in [0.1, 0.15) is 11.0 Å². The van der Waals surface area contributed by atoms with Crippen molar-refractivity contribution in [1.82, 2.24) is 4.98 Å². The van der Waals surface area contributed by atoms with Gasteiger partial charge in [0.2, 0.25) is 5.82 Å². The van der Waals surface area contributed by atoms with Crippen LogP contribution in [0.15, 0.2) is 27.9 Å². The number of hydrogen-bond donors (Lipinski definition) is 2. The highest BCUT2D eigenvalue weighted by molar-refractivity contribution is 7.91. The van der Waals surface area contributed by atoms with E-state index in [0.29, 0.717) is 0 Å². The number of H-pyrrole nitrogens is 1. The number of aryl methyl sites for hydroxylation is 1. The van der Waals surface area contributed by atoms with Gasteiger partial charge in [0, 0.05) is 41.1 Å². The number of rotatable bonds is 4. The Hall–Kier alpha value is -2.47. The lowest BCUT2D eigenvalue weighted by Gasteiger charge is -2.32. The summed E-state index contributed by atoms with van der Waals surface area (Å²) in [5, 5.41) is 0. The molecule has 1 aliphatic heterocycles. The fourth-order valence-electron chi connectivity index (χ4n) is 4.42. The normalized spacial score (nSPS) is 27.4. The Bertz CT molecular complexity index is 1260. The molecule has 6 nitrogen and oxygen atoms in total. The minimum absolute atomic E-state index is 0.0351. The molecule has 33 heavy (non-hydrogen) atoms. The zero-order valence-corrected chi connectivity index (χ0v) is 19.2. The molecule has 0 unspecified atom stereocenters. The summed E-state index contributed by atoms with van der Waals surface area (Å²) in [5.74, 6) is -5.67. The highest BCUT2D eigenvalue weighted by Crippen LogP contribution is 2.59. The van der Waals surface area contributed by atoms with Gasteiger partial charge in [0.05, 0.1) is 16.8 Å². The minimum atomic E-state index is -4.83. The number of aromatic amines is 1. The Kier molecular flexibility index (Phi) is 6.16. The molecular weight excluding hydrogens is 471 g/mol. The fraction of sp³-hybridized carbons (Fsp3) is 0.476. The Morgan fingerprint density at radius 3 is 2.36 bits per heavy atom. The van der Waals surface area contributed by atoms with Gasteiger partial charge in [-0.25, -0.2) is 13.4 Å². The van der Waals surface area contributed by atoms with E-state index in [9.17, 15) is 31.0 Å². The SMILES string of the molecule is COc1c([C@H]2[C@H](c3cc(=O)c([S@@](C)(=N)=O)c(C)[nH]3)O[C@@](C)(C(F)(F)F)[C@H]2C)ccc(F)c1F. The molecule has 0 saturated carbocycles. The summed E-state index contributed by atoms with van der Waals surface area (Å²) in [4.78, 5) is 15.1. The molecule has 1 aromatic carbocycles. The van der Waals surface area contributed by atoms with Crippen molar-refractivity contribution < 1.29 is 35.6 Å². The third-order valence-corrected chi connectivity index (χ3v) is 7.48. The molecule has 182 valence electrons. The first-order valence-electron chi connectivity index (χ1n) is 9.78. The predicted octanol–water partition coefficient (Wildman–Crippen LogP) is 4.82. The van der Waals surface area contributed by atoms with Crippen LogP contribution in [0.3, 0.4) is 0 Å². The van der Waals surface area contributed by atoms with Gasteiger partial charge in [-0.3, -0.25) is 4.79 Å². The maximum atomic E-state index is 14.4. The average Bonchev–Trinajstić information content (AvgIpc) is 2.94. The maximum Gasteiger partial charge on any atom is 0.417 e. The molecule has 0 spiro atoms. The van der Waals surface area contributed by atoms with E-state index in [1.165, 1.54) is 13.8 Å². The summed E-state index contributed by atoms with van der Waals surface area (Å²) in [5.41, 5.74) is -3.62. The van der Waals surface area contributed by atoms with Crippen LogP contribution in [-0.2, 0) is 14.5 Å². The second-order valence-corrected chi connectivity index (χ2v) is 10.4. The average molecular weight is 494 g/mol. The van der Waals surface area contributed by atoms with Gasteiger partial charge >= 0.3 is 6.18 Å². The van der Waals surface area contributed by atoms with Crippen LogP contribution in [0.4, 0.5) is 22.0 Å². The Labute approximate surface area is 187 Å². The topological polar surface area (TPSA) is 92.2 Å². The molecule has 1 saturated heterocycles. The molecule has 2 heterocycles. The van der Waals surface area contributed by atoms with Gasteiger partial charge in [-0.05, 0) is 19.9 Å². The standard InChI is InChI=1S/C21H23F5N2O4S/c1-9-15(11-6-7-12(22)16(23)17(11)31-4)18(32-20(9,3)21(24,25)26)13-8-14(29)19(10(2)28-13)33(5,27)30/h6-9,15,18,27H,1-5H3,(H,28,29)/t9-,15-,18-,20+,33-/m0/s1. The summed E-state index contributed by atoms with van der Waals surface area (Å²) >= 11 is 0. The van der Waals surface area contributed by atoms with Crippen molar-refractivity contribution >= 4 is 9.73 Å². The van der Waals surface area contributed by atoms with Crippen LogP contribution in [0.1, 0.15) is 42.8 Å². The van der Waals surface area contributed by atoms with E-state index in [0.717, 1.165) is 38.5 Å². The number of ether oxygens (including phenoxy) is 2. The molecule has 0 aliphatic carbocycles. The monoisotopic (exact) mass is 494 g/mol. The molecule has 0 bridgehead atoms. The molecule has 2 N–H and O–H groups in total. The zero-order chi connectivity index (χ0) is 25.1. The molecule has 1 aromatic heterocycles. The van der Waals surface area contributed by atoms with Gasteiger partial charge in [-0.15, -0.1) is 0 Å². The van der Waals surface area contributed by atoms with Crippen LogP contribution in [0.2, 0.25) is 0 Å². The van der Waals surface area contributed by atoms with E-state index >= 15 is 0 Å². The van der Waals surface area contributed by atoms with Crippen molar-refractivity contribution in [2.24, 2.45) is 5.92 Å². The van der Waals surface area contributed by atoms with Crippen LogP contribution in [0, 0.1) is 29.3 Å².